The molecule has 1 saturated heterocycles. The highest BCUT2D eigenvalue weighted by atomic mass is 32.2. The van der Waals surface area contributed by atoms with Gasteiger partial charge >= 0.3 is 5.97 Å². The summed E-state index contributed by atoms with van der Waals surface area (Å²) in [6, 6.07) is -0.275. The zero-order valence-electron chi connectivity index (χ0n) is 8.73. The van der Waals surface area contributed by atoms with Crippen LogP contribution in [0.3, 0.4) is 0 Å². The molecule has 3 nitrogen and oxygen atoms in total. The molecule has 0 spiro atoms. The largest absolute Gasteiger partial charge is 0.468 e. The van der Waals surface area contributed by atoms with Crippen LogP contribution in [0, 0.1) is 0 Å². The average molecular weight is 215 g/mol. The predicted octanol–water partition coefficient (Wildman–Crippen LogP) is 1.15. The minimum atomic E-state index is -0.275. The fourth-order valence-corrected chi connectivity index (χ4v) is 2.65. The molecule has 0 amide bonds. The van der Waals surface area contributed by atoms with Crippen LogP contribution in [0.15, 0.2) is 12.7 Å². The van der Waals surface area contributed by atoms with Crippen molar-refractivity contribution in [3.8, 4) is 0 Å². The smallest absolute Gasteiger partial charge is 0.327 e. The van der Waals surface area contributed by atoms with Gasteiger partial charge in [-0.2, -0.15) is 11.8 Å². The van der Waals surface area contributed by atoms with Crippen molar-refractivity contribution in [2.45, 2.75) is 18.2 Å². The van der Waals surface area contributed by atoms with Crippen molar-refractivity contribution in [1.82, 2.24) is 4.90 Å². The highest BCUT2D eigenvalue weighted by molar-refractivity contribution is 7.99. The minimum Gasteiger partial charge on any atom is -0.468 e. The summed E-state index contributed by atoms with van der Waals surface area (Å²) in [5, 5.41) is 0.579. The fourth-order valence-electron chi connectivity index (χ4n) is 1.61. The molecule has 2 atom stereocenters. The maximum Gasteiger partial charge on any atom is 0.327 e. The molecule has 1 heterocycles. The third-order valence-corrected chi connectivity index (χ3v) is 3.47. The monoisotopic (exact) mass is 215 g/mol. The van der Waals surface area contributed by atoms with Gasteiger partial charge in [-0.15, -0.1) is 6.58 Å². The standard InChI is InChI=1S/C10H17NO2S/c1-4-9(10(12)13-3)11-5-6-14-8(2)7-11/h4,8-9H,1,5-7H2,2-3H3. The maximum absolute atomic E-state index is 11.4. The van der Waals surface area contributed by atoms with E-state index in [0.29, 0.717) is 5.25 Å². The summed E-state index contributed by atoms with van der Waals surface area (Å²) in [5.41, 5.74) is 0. The van der Waals surface area contributed by atoms with Crippen molar-refractivity contribution in [3.05, 3.63) is 12.7 Å². The van der Waals surface area contributed by atoms with E-state index in [1.54, 1.807) is 6.08 Å². The van der Waals surface area contributed by atoms with E-state index in [-0.39, 0.29) is 12.0 Å². The summed E-state index contributed by atoms with van der Waals surface area (Å²) in [7, 11) is 1.42. The number of rotatable bonds is 3. The van der Waals surface area contributed by atoms with E-state index in [1.165, 1.54) is 7.11 Å². The molecule has 14 heavy (non-hydrogen) atoms. The number of methoxy groups -OCH3 is 1. The van der Waals surface area contributed by atoms with Gasteiger partial charge in [0.25, 0.3) is 0 Å². The first-order valence-electron chi connectivity index (χ1n) is 4.75. The number of carbonyl (C=O) groups is 1. The van der Waals surface area contributed by atoms with E-state index in [0.717, 1.165) is 18.8 Å². The van der Waals surface area contributed by atoms with Gasteiger partial charge in [0.15, 0.2) is 0 Å². The topological polar surface area (TPSA) is 29.5 Å². The molecule has 0 aromatic rings. The lowest BCUT2D eigenvalue weighted by Gasteiger charge is -2.33. The lowest BCUT2D eigenvalue weighted by molar-refractivity contribution is -0.145. The van der Waals surface area contributed by atoms with E-state index in [9.17, 15) is 4.79 Å². The molecular formula is C10H17NO2S. The van der Waals surface area contributed by atoms with Crippen LogP contribution in [0.5, 0.6) is 0 Å². The molecule has 0 radical (unpaired) electrons. The molecule has 2 unspecified atom stereocenters. The van der Waals surface area contributed by atoms with E-state index in [4.69, 9.17) is 4.74 Å². The van der Waals surface area contributed by atoms with Gasteiger partial charge in [-0.05, 0) is 0 Å². The second-order valence-electron chi connectivity index (χ2n) is 3.38. The average Bonchev–Trinajstić information content (AvgIpc) is 2.19. The third kappa shape index (κ3) is 2.75. The van der Waals surface area contributed by atoms with Gasteiger partial charge in [-0.25, -0.2) is 0 Å². The minimum absolute atomic E-state index is 0.209. The van der Waals surface area contributed by atoms with Crippen LogP contribution in [0.4, 0.5) is 0 Å². The Bertz CT molecular complexity index is 220. The van der Waals surface area contributed by atoms with Crippen LogP contribution < -0.4 is 0 Å². The van der Waals surface area contributed by atoms with Gasteiger partial charge in [0.05, 0.1) is 7.11 Å². The SMILES string of the molecule is C=CC(C(=O)OC)N1CCSC(C)C1. The van der Waals surface area contributed by atoms with Gasteiger partial charge in [-0.3, -0.25) is 9.69 Å². The Morgan fingerprint density at radius 3 is 3.00 bits per heavy atom. The van der Waals surface area contributed by atoms with E-state index in [1.807, 2.05) is 11.8 Å². The molecule has 0 bridgehead atoms. The lowest BCUT2D eigenvalue weighted by Crippen LogP contribution is -2.46. The predicted molar refractivity (Wildman–Crippen MR) is 59.5 cm³/mol. The number of carbonyl (C=O) groups excluding carboxylic acids is 1. The van der Waals surface area contributed by atoms with E-state index in [2.05, 4.69) is 18.4 Å². The molecule has 0 aromatic heterocycles. The highest BCUT2D eigenvalue weighted by Gasteiger charge is 2.27. The van der Waals surface area contributed by atoms with E-state index >= 15 is 0 Å². The first-order valence-corrected chi connectivity index (χ1v) is 5.80. The Hall–Kier alpha value is -0.480. The lowest BCUT2D eigenvalue weighted by atomic mass is 10.2. The molecular weight excluding hydrogens is 198 g/mol. The molecule has 1 aliphatic heterocycles. The molecule has 0 aromatic carbocycles. The summed E-state index contributed by atoms with van der Waals surface area (Å²) in [5.74, 6) is 0.863. The van der Waals surface area contributed by atoms with Crippen molar-refractivity contribution in [3.63, 3.8) is 0 Å². The van der Waals surface area contributed by atoms with Crippen LogP contribution in [-0.4, -0.2) is 48.1 Å². The Balaban J connectivity index is 2.59. The molecule has 0 N–H and O–H groups in total. The van der Waals surface area contributed by atoms with Gasteiger partial charge in [0.2, 0.25) is 0 Å². The molecule has 1 rings (SSSR count). The van der Waals surface area contributed by atoms with Crippen molar-refractivity contribution in [2.75, 3.05) is 26.0 Å². The van der Waals surface area contributed by atoms with Crippen LogP contribution in [-0.2, 0) is 9.53 Å². The number of hydrogen-bond acceptors (Lipinski definition) is 4. The first kappa shape index (κ1) is 11.6. The van der Waals surface area contributed by atoms with Crippen molar-refractivity contribution >= 4 is 17.7 Å². The van der Waals surface area contributed by atoms with Crippen molar-refractivity contribution in [1.29, 1.82) is 0 Å². The normalized spacial score (nSPS) is 25.4. The summed E-state index contributed by atoms with van der Waals surface area (Å²) >= 11 is 1.94. The molecule has 4 heteroatoms. The first-order chi connectivity index (χ1) is 6.69. The zero-order valence-corrected chi connectivity index (χ0v) is 9.55. The maximum atomic E-state index is 11.4. The second-order valence-corrected chi connectivity index (χ2v) is 4.93. The fraction of sp³-hybridized carbons (Fsp3) is 0.700. The molecule has 1 aliphatic rings. The van der Waals surface area contributed by atoms with Crippen molar-refractivity contribution < 1.29 is 9.53 Å². The molecule has 80 valence electrons. The van der Waals surface area contributed by atoms with Crippen molar-refractivity contribution in [2.24, 2.45) is 0 Å². The number of ether oxygens (including phenoxy) is 1. The van der Waals surface area contributed by atoms with Gasteiger partial charge < -0.3 is 4.74 Å². The van der Waals surface area contributed by atoms with Gasteiger partial charge in [0.1, 0.15) is 6.04 Å². The summed E-state index contributed by atoms with van der Waals surface area (Å²) in [4.78, 5) is 13.5. The Morgan fingerprint density at radius 1 is 1.79 bits per heavy atom. The second kappa shape index (κ2) is 5.41. The van der Waals surface area contributed by atoms with Crippen LogP contribution in [0.1, 0.15) is 6.92 Å². The third-order valence-electron chi connectivity index (χ3n) is 2.33. The summed E-state index contributed by atoms with van der Waals surface area (Å²) in [6.07, 6.45) is 1.66. The Kier molecular flexibility index (Phi) is 4.48. The van der Waals surface area contributed by atoms with Crippen LogP contribution in [0.2, 0.25) is 0 Å². The Morgan fingerprint density at radius 2 is 2.50 bits per heavy atom. The summed E-state index contributed by atoms with van der Waals surface area (Å²) < 4.78 is 4.73. The summed E-state index contributed by atoms with van der Waals surface area (Å²) in [6.45, 7) is 7.71. The number of nitrogens with zero attached hydrogens (tertiary/aromatic N) is 1. The van der Waals surface area contributed by atoms with Gasteiger partial charge in [-0.1, -0.05) is 13.0 Å². The number of thioether (sulfide) groups is 1. The van der Waals surface area contributed by atoms with Crippen LogP contribution in [0.25, 0.3) is 0 Å². The number of esters is 1. The molecule has 0 saturated carbocycles. The van der Waals surface area contributed by atoms with Crippen LogP contribution >= 0.6 is 11.8 Å². The van der Waals surface area contributed by atoms with Gasteiger partial charge in [0, 0.05) is 24.1 Å². The Labute approximate surface area is 89.5 Å². The zero-order chi connectivity index (χ0) is 10.6. The number of hydrogen-bond donors (Lipinski definition) is 0. The van der Waals surface area contributed by atoms with E-state index < -0.39 is 0 Å². The molecule has 1 fully saturated rings. The quantitative estimate of drug-likeness (QED) is 0.522. The molecule has 0 aliphatic carbocycles. The highest BCUT2D eigenvalue weighted by Crippen LogP contribution is 2.20.